The Hall–Kier alpha value is -4.52. The van der Waals surface area contributed by atoms with Gasteiger partial charge in [0, 0.05) is 30.8 Å². The molecule has 1 unspecified atom stereocenters. The number of hydrogen-bond donors (Lipinski definition) is 2. The molecule has 7 heteroatoms. The number of carbonyl (C=O) groups excluding carboxylic acids is 1. The summed E-state index contributed by atoms with van der Waals surface area (Å²) in [4.78, 5) is 23.9. The van der Waals surface area contributed by atoms with Crippen LogP contribution in [0.3, 0.4) is 0 Å². The first-order chi connectivity index (χ1) is 20.5. The molecule has 0 spiro atoms. The van der Waals surface area contributed by atoms with Crippen LogP contribution in [0.1, 0.15) is 66.8 Å². The number of carbonyl (C=O) groups is 1. The van der Waals surface area contributed by atoms with E-state index in [4.69, 9.17) is 10.7 Å². The van der Waals surface area contributed by atoms with Gasteiger partial charge in [-0.2, -0.15) is 0 Å². The van der Waals surface area contributed by atoms with E-state index in [-0.39, 0.29) is 30.1 Å². The van der Waals surface area contributed by atoms with Gasteiger partial charge in [-0.3, -0.25) is 9.78 Å². The number of anilines is 1. The van der Waals surface area contributed by atoms with Crippen LogP contribution >= 0.6 is 0 Å². The lowest BCUT2D eigenvalue weighted by Crippen LogP contribution is -2.37. The van der Waals surface area contributed by atoms with Crippen molar-refractivity contribution in [1.29, 1.82) is 0 Å². The Balaban J connectivity index is 1.45. The number of benzene rings is 3. The molecule has 216 valence electrons. The number of nitrogens with zero attached hydrogens (tertiary/aromatic N) is 3. The molecule has 3 N–H and O–H groups in total. The van der Waals surface area contributed by atoms with Gasteiger partial charge in [0.25, 0.3) is 0 Å². The second-order valence-corrected chi connectivity index (χ2v) is 10.9. The summed E-state index contributed by atoms with van der Waals surface area (Å²) in [5, 5.41) is 3.61. The van der Waals surface area contributed by atoms with E-state index in [0.717, 1.165) is 46.9 Å². The highest BCUT2D eigenvalue weighted by molar-refractivity contribution is 5.93. The van der Waals surface area contributed by atoms with Gasteiger partial charge in [-0.05, 0) is 65.9 Å². The van der Waals surface area contributed by atoms with E-state index in [0.29, 0.717) is 13.1 Å². The quantitative estimate of drug-likeness (QED) is 0.160. The molecule has 1 aliphatic carbocycles. The van der Waals surface area contributed by atoms with Gasteiger partial charge in [-0.25, -0.2) is 9.38 Å². The minimum atomic E-state index is -0.334. The van der Waals surface area contributed by atoms with Gasteiger partial charge >= 0.3 is 0 Å². The van der Waals surface area contributed by atoms with Crippen LogP contribution < -0.4 is 11.1 Å². The standard InChI is InChI=1S/C35H38FN5O/c36-29-18-14-26(15-19-29)24-41(25-32-13-7-8-22-38-32)35(39-30-11-5-2-6-12-30)40-31-20-16-28(17-21-31)33(23-34(37)42)27-9-3-1-4-10-27/h1,3-4,7-10,13-22,30,33H,2,5-6,11-12,23-25H2,(H2,37,42)(H,39,40). The second-order valence-electron chi connectivity index (χ2n) is 10.9. The molecule has 1 aromatic heterocycles. The molecule has 42 heavy (non-hydrogen) atoms. The van der Waals surface area contributed by atoms with Gasteiger partial charge in [0.05, 0.1) is 18.3 Å². The minimum Gasteiger partial charge on any atom is -0.370 e. The molecule has 6 nitrogen and oxygen atoms in total. The van der Waals surface area contributed by atoms with Gasteiger partial charge in [0.15, 0.2) is 5.96 Å². The van der Waals surface area contributed by atoms with Crippen molar-refractivity contribution in [2.24, 2.45) is 10.7 Å². The summed E-state index contributed by atoms with van der Waals surface area (Å²) in [7, 11) is 0. The fourth-order valence-electron chi connectivity index (χ4n) is 5.52. The Morgan fingerprint density at radius 3 is 2.24 bits per heavy atom. The van der Waals surface area contributed by atoms with E-state index in [2.05, 4.69) is 15.2 Å². The van der Waals surface area contributed by atoms with Crippen LogP contribution in [0.15, 0.2) is 108 Å². The molecular weight excluding hydrogens is 525 g/mol. The van der Waals surface area contributed by atoms with E-state index in [1.807, 2.05) is 84.9 Å². The molecule has 0 radical (unpaired) electrons. The summed E-state index contributed by atoms with van der Waals surface area (Å²) in [6, 6.07) is 30.9. The van der Waals surface area contributed by atoms with Crippen LogP contribution in [0.25, 0.3) is 0 Å². The van der Waals surface area contributed by atoms with E-state index in [1.165, 1.54) is 31.4 Å². The number of primary amides is 1. The molecule has 3 aromatic carbocycles. The lowest BCUT2D eigenvalue weighted by molar-refractivity contribution is -0.118. The fourth-order valence-corrected chi connectivity index (χ4v) is 5.52. The Morgan fingerprint density at radius 1 is 0.881 bits per heavy atom. The molecule has 0 aliphatic heterocycles. The minimum absolute atomic E-state index is 0.118. The first-order valence-corrected chi connectivity index (χ1v) is 14.7. The van der Waals surface area contributed by atoms with Crippen LogP contribution in [0, 0.1) is 5.82 Å². The van der Waals surface area contributed by atoms with Crippen molar-refractivity contribution >= 4 is 17.6 Å². The van der Waals surface area contributed by atoms with Gasteiger partial charge < -0.3 is 16.0 Å². The van der Waals surface area contributed by atoms with E-state index in [1.54, 1.807) is 6.20 Å². The number of halogens is 1. The molecule has 4 aromatic rings. The number of aliphatic imine (C=N–C) groups is 1. The zero-order valence-electron chi connectivity index (χ0n) is 23.8. The highest BCUT2D eigenvalue weighted by Gasteiger charge is 2.20. The third-order valence-electron chi connectivity index (χ3n) is 7.72. The molecule has 1 aliphatic rings. The normalized spacial score (nSPS) is 14.7. The van der Waals surface area contributed by atoms with Crippen molar-refractivity contribution in [3.63, 3.8) is 0 Å². The largest absolute Gasteiger partial charge is 0.370 e. The number of hydrogen-bond acceptors (Lipinski definition) is 3. The number of amides is 1. The molecule has 1 fully saturated rings. The highest BCUT2D eigenvalue weighted by atomic mass is 19.1. The predicted molar refractivity (Wildman–Crippen MR) is 166 cm³/mol. The first-order valence-electron chi connectivity index (χ1n) is 14.7. The summed E-state index contributed by atoms with van der Waals surface area (Å²) in [5.41, 5.74) is 10.5. The second kappa shape index (κ2) is 14.4. The number of aromatic nitrogens is 1. The maximum absolute atomic E-state index is 13.7. The molecule has 1 atom stereocenters. The van der Waals surface area contributed by atoms with Gasteiger partial charge in [0.1, 0.15) is 5.82 Å². The molecule has 1 saturated carbocycles. The highest BCUT2D eigenvalue weighted by Crippen LogP contribution is 2.29. The Labute approximate surface area is 247 Å². The average Bonchev–Trinajstić information content (AvgIpc) is 3.02. The number of pyridine rings is 1. The lowest BCUT2D eigenvalue weighted by Gasteiger charge is -2.29. The molecular formula is C35H38FN5O. The first kappa shape index (κ1) is 29.0. The molecule has 1 amide bonds. The maximum atomic E-state index is 13.7. The smallest absolute Gasteiger partial charge is 0.218 e. The van der Waals surface area contributed by atoms with Crippen molar-refractivity contribution < 1.29 is 9.18 Å². The maximum Gasteiger partial charge on any atom is 0.218 e. The number of rotatable bonds is 10. The van der Waals surface area contributed by atoms with Crippen LogP contribution in [-0.4, -0.2) is 27.8 Å². The monoisotopic (exact) mass is 563 g/mol. The van der Waals surface area contributed by atoms with Crippen LogP contribution in [0.4, 0.5) is 10.1 Å². The zero-order chi connectivity index (χ0) is 29.1. The van der Waals surface area contributed by atoms with Crippen LogP contribution in [-0.2, 0) is 17.9 Å². The summed E-state index contributed by atoms with van der Waals surface area (Å²) in [6.45, 7) is 1.09. The number of nitrogens with one attached hydrogen (secondary N) is 1. The number of guanidine groups is 1. The predicted octanol–water partition coefficient (Wildman–Crippen LogP) is 7.03. The van der Waals surface area contributed by atoms with Gasteiger partial charge in [-0.1, -0.05) is 79.9 Å². The van der Waals surface area contributed by atoms with E-state index < -0.39 is 0 Å². The third kappa shape index (κ3) is 8.26. The molecule has 0 saturated heterocycles. The van der Waals surface area contributed by atoms with Crippen molar-refractivity contribution in [2.75, 3.05) is 5.32 Å². The molecule has 5 rings (SSSR count). The van der Waals surface area contributed by atoms with E-state index >= 15 is 0 Å². The summed E-state index contributed by atoms with van der Waals surface area (Å²) >= 11 is 0. The molecule has 1 heterocycles. The lowest BCUT2D eigenvalue weighted by atomic mass is 9.88. The fraction of sp³-hybridized carbons (Fsp3) is 0.286. The van der Waals surface area contributed by atoms with Crippen molar-refractivity contribution in [2.45, 2.75) is 63.6 Å². The Morgan fingerprint density at radius 2 is 1.57 bits per heavy atom. The Bertz CT molecular complexity index is 1440. The summed E-state index contributed by atoms with van der Waals surface area (Å²) < 4.78 is 13.7. The van der Waals surface area contributed by atoms with Crippen LogP contribution in [0.5, 0.6) is 0 Å². The summed E-state index contributed by atoms with van der Waals surface area (Å²) in [5.74, 6) is 0.0574. The zero-order valence-corrected chi connectivity index (χ0v) is 23.8. The van der Waals surface area contributed by atoms with Crippen LogP contribution in [0.2, 0.25) is 0 Å². The average molecular weight is 564 g/mol. The molecule has 0 bridgehead atoms. The third-order valence-corrected chi connectivity index (χ3v) is 7.72. The van der Waals surface area contributed by atoms with Gasteiger partial charge in [0.2, 0.25) is 5.91 Å². The van der Waals surface area contributed by atoms with Crippen molar-refractivity contribution in [3.8, 4) is 0 Å². The van der Waals surface area contributed by atoms with E-state index in [9.17, 15) is 9.18 Å². The van der Waals surface area contributed by atoms with Crippen molar-refractivity contribution in [3.05, 3.63) is 131 Å². The van der Waals surface area contributed by atoms with Gasteiger partial charge in [-0.15, -0.1) is 0 Å². The summed E-state index contributed by atoms with van der Waals surface area (Å²) in [6.07, 6.45) is 7.75. The Kier molecular flexibility index (Phi) is 9.94. The number of nitrogens with two attached hydrogens (primary N) is 1. The topological polar surface area (TPSA) is 83.6 Å². The SMILES string of the molecule is NC(=O)CC(c1ccccc1)c1ccc(N/C(=N/C2CCCCC2)N(Cc2ccc(F)cc2)Cc2ccccn2)cc1. The van der Waals surface area contributed by atoms with Crippen molar-refractivity contribution in [1.82, 2.24) is 9.88 Å².